The quantitative estimate of drug-likeness (QED) is 0.858. The Morgan fingerprint density at radius 1 is 1.33 bits per heavy atom. The maximum absolute atomic E-state index is 12.1. The summed E-state index contributed by atoms with van der Waals surface area (Å²) in [5, 5.41) is 4.38. The highest BCUT2D eigenvalue weighted by Crippen LogP contribution is 2.24. The van der Waals surface area contributed by atoms with Gasteiger partial charge in [-0.1, -0.05) is 29.8 Å². The Labute approximate surface area is 150 Å². The number of rotatable bonds is 4. The third-order valence-electron chi connectivity index (χ3n) is 4.35. The summed E-state index contributed by atoms with van der Waals surface area (Å²) in [5.41, 5.74) is 0.699. The molecule has 1 aromatic carbocycles. The summed E-state index contributed by atoms with van der Waals surface area (Å²) in [5.74, 6) is 0.577. The molecule has 1 saturated heterocycles. The van der Waals surface area contributed by atoms with Crippen LogP contribution in [0.5, 0.6) is 0 Å². The number of amides is 1. The van der Waals surface area contributed by atoms with Gasteiger partial charge in [-0.3, -0.25) is 0 Å². The van der Waals surface area contributed by atoms with Crippen molar-refractivity contribution in [1.82, 2.24) is 10.2 Å². The molecule has 0 aromatic heterocycles. The number of nitrogens with zero attached hydrogens (tertiary/aromatic N) is 1. The average molecular weight is 353 g/mol. The van der Waals surface area contributed by atoms with Gasteiger partial charge in [0.25, 0.3) is 0 Å². The largest absolute Gasteiger partial charge is 0.444 e. The number of hydrogen-bond acceptors (Lipinski definition) is 3. The van der Waals surface area contributed by atoms with E-state index in [1.165, 1.54) is 0 Å². The molecule has 0 spiro atoms. The third-order valence-corrected chi connectivity index (χ3v) is 4.69. The van der Waals surface area contributed by atoms with Crippen LogP contribution < -0.4 is 5.32 Å². The summed E-state index contributed by atoms with van der Waals surface area (Å²) < 4.78 is 5.44. The minimum atomic E-state index is -0.431. The first-order chi connectivity index (χ1) is 11.3. The smallest absolute Gasteiger partial charge is 0.410 e. The van der Waals surface area contributed by atoms with Gasteiger partial charge in [-0.2, -0.15) is 0 Å². The number of halogens is 1. The van der Waals surface area contributed by atoms with Gasteiger partial charge in [-0.15, -0.1) is 0 Å². The number of carbonyl (C=O) groups is 1. The monoisotopic (exact) mass is 352 g/mol. The van der Waals surface area contributed by atoms with Gasteiger partial charge in [0.15, 0.2) is 0 Å². The van der Waals surface area contributed by atoms with Gasteiger partial charge in [0.05, 0.1) is 0 Å². The Morgan fingerprint density at radius 3 is 2.54 bits per heavy atom. The first-order valence-electron chi connectivity index (χ1n) is 8.72. The lowest BCUT2D eigenvalue weighted by atomic mass is 9.96. The number of piperidine rings is 1. The second kappa shape index (κ2) is 8.21. The molecule has 0 radical (unpaired) electrons. The normalized spacial score (nSPS) is 17.6. The minimum Gasteiger partial charge on any atom is -0.444 e. The Hall–Kier alpha value is -1.26. The van der Waals surface area contributed by atoms with Crippen LogP contribution >= 0.6 is 11.6 Å². The van der Waals surface area contributed by atoms with Crippen molar-refractivity contribution < 1.29 is 9.53 Å². The van der Waals surface area contributed by atoms with E-state index < -0.39 is 5.60 Å². The highest BCUT2D eigenvalue weighted by atomic mass is 35.5. The van der Waals surface area contributed by atoms with Crippen LogP contribution in [0.2, 0.25) is 5.02 Å². The molecule has 134 valence electrons. The molecular formula is C19H29ClN2O2. The average Bonchev–Trinajstić information content (AvgIpc) is 2.52. The van der Waals surface area contributed by atoms with Crippen LogP contribution in [0.1, 0.15) is 52.1 Å². The predicted octanol–water partition coefficient (Wildman–Crippen LogP) is 4.64. The van der Waals surface area contributed by atoms with E-state index in [2.05, 4.69) is 18.3 Å². The summed E-state index contributed by atoms with van der Waals surface area (Å²) in [6.45, 7) is 10.3. The zero-order valence-electron chi connectivity index (χ0n) is 15.1. The molecule has 1 fully saturated rings. The molecule has 0 saturated carbocycles. The molecule has 1 aliphatic heterocycles. The lowest BCUT2D eigenvalue weighted by molar-refractivity contribution is 0.0183. The second-order valence-corrected chi connectivity index (χ2v) is 7.97. The summed E-state index contributed by atoms with van der Waals surface area (Å²) in [6.07, 6.45) is 1.81. The van der Waals surface area contributed by atoms with Gasteiger partial charge >= 0.3 is 6.09 Å². The SMILES string of the molecule is CC(NCC1CCN(C(=O)OC(C)(C)C)CC1)c1ccccc1Cl. The summed E-state index contributed by atoms with van der Waals surface area (Å²) in [7, 11) is 0. The lowest BCUT2D eigenvalue weighted by Crippen LogP contribution is -2.43. The van der Waals surface area contributed by atoms with Gasteiger partial charge in [0, 0.05) is 24.2 Å². The van der Waals surface area contributed by atoms with E-state index in [-0.39, 0.29) is 12.1 Å². The van der Waals surface area contributed by atoms with Crippen molar-refractivity contribution in [2.45, 2.75) is 52.2 Å². The molecule has 2 rings (SSSR count). The van der Waals surface area contributed by atoms with Crippen LogP contribution in [-0.2, 0) is 4.74 Å². The predicted molar refractivity (Wildman–Crippen MR) is 98.4 cm³/mol. The van der Waals surface area contributed by atoms with E-state index >= 15 is 0 Å². The van der Waals surface area contributed by atoms with Gasteiger partial charge in [-0.05, 0) is 64.6 Å². The van der Waals surface area contributed by atoms with Crippen LogP contribution in [0.15, 0.2) is 24.3 Å². The molecule has 0 aliphatic carbocycles. The van der Waals surface area contributed by atoms with Crippen molar-refractivity contribution in [3.05, 3.63) is 34.9 Å². The zero-order chi connectivity index (χ0) is 17.7. The zero-order valence-corrected chi connectivity index (χ0v) is 15.9. The Morgan fingerprint density at radius 2 is 1.96 bits per heavy atom. The maximum Gasteiger partial charge on any atom is 0.410 e. The lowest BCUT2D eigenvalue weighted by Gasteiger charge is -2.34. The number of likely N-dealkylation sites (tertiary alicyclic amines) is 1. The third kappa shape index (κ3) is 5.67. The maximum atomic E-state index is 12.1. The van der Waals surface area contributed by atoms with Gasteiger partial charge in [-0.25, -0.2) is 4.79 Å². The number of ether oxygens (including phenoxy) is 1. The van der Waals surface area contributed by atoms with E-state index in [1.54, 1.807) is 0 Å². The van der Waals surface area contributed by atoms with Crippen molar-refractivity contribution in [3.63, 3.8) is 0 Å². The molecule has 1 heterocycles. The summed E-state index contributed by atoms with van der Waals surface area (Å²) >= 11 is 6.25. The molecule has 1 amide bonds. The Kier molecular flexibility index (Phi) is 6.53. The number of carbonyl (C=O) groups excluding carboxylic acids is 1. The molecule has 1 unspecified atom stereocenters. The van der Waals surface area contributed by atoms with Gasteiger partial charge in [0.1, 0.15) is 5.60 Å². The van der Waals surface area contributed by atoms with Crippen molar-refractivity contribution in [2.24, 2.45) is 5.92 Å². The van der Waals surface area contributed by atoms with E-state index in [0.29, 0.717) is 5.92 Å². The Balaban J connectivity index is 1.75. The molecule has 4 nitrogen and oxygen atoms in total. The van der Waals surface area contributed by atoms with Crippen LogP contribution in [-0.4, -0.2) is 36.2 Å². The molecule has 1 N–H and O–H groups in total. The highest BCUT2D eigenvalue weighted by Gasteiger charge is 2.27. The van der Waals surface area contributed by atoms with E-state index in [1.807, 2.05) is 43.9 Å². The van der Waals surface area contributed by atoms with Crippen LogP contribution in [0.25, 0.3) is 0 Å². The fourth-order valence-corrected chi connectivity index (χ4v) is 3.23. The summed E-state index contributed by atoms with van der Waals surface area (Å²) in [4.78, 5) is 13.9. The second-order valence-electron chi connectivity index (χ2n) is 7.56. The topological polar surface area (TPSA) is 41.6 Å². The first kappa shape index (κ1) is 19.1. The Bertz CT molecular complexity index is 549. The molecule has 5 heteroatoms. The number of nitrogens with one attached hydrogen (secondary N) is 1. The fraction of sp³-hybridized carbons (Fsp3) is 0.632. The van der Waals surface area contributed by atoms with Crippen molar-refractivity contribution in [3.8, 4) is 0 Å². The van der Waals surface area contributed by atoms with E-state index in [4.69, 9.17) is 16.3 Å². The minimum absolute atomic E-state index is 0.196. The van der Waals surface area contributed by atoms with Crippen molar-refractivity contribution in [1.29, 1.82) is 0 Å². The number of benzene rings is 1. The molecular weight excluding hydrogens is 324 g/mol. The van der Waals surface area contributed by atoms with Crippen molar-refractivity contribution >= 4 is 17.7 Å². The highest BCUT2D eigenvalue weighted by molar-refractivity contribution is 6.31. The summed E-state index contributed by atoms with van der Waals surface area (Å²) in [6, 6.07) is 8.17. The first-order valence-corrected chi connectivity index (χ1v) is 9.10. The van der Waals surface area contributed by atoms with Crippen LogP contribution in [0.3, 0.4) is 0 Å². The fourth-order valence-electron chi connectivity index (χ4n) is 2.93. The van der Waals surface area contributed by atoms with E-state index in [0.717, 1.165) is 43.1 Å². The molecule has 1 atom stereocenters. The van der Waals surface area contributed by atoms with Crippen molar-refractivity contribution in [2.75, 3.05) is 19.6 Å². The van der Waals surface area contributed by atoms with Crippen LogP contribution in [0, 0.1) is 5.92 Å². The number of hydrogen-bond donors (Lipinski definition) is 1. The van der Waals surface area contributed by atoms with Crippen LogP contribution in [0.4, 0.5) is 4.79 Å². The van der Waals surface area contributed by atoms with Gasteiger partial charge in [0.2, 0.25) is 0 Å². The standard InChI is InChI=1S/C19H29ClN2O2/c1-14(16-7-5-6-8-17(16)20)21-13-15-9-11-22(12-10-15)18(23)24-19(2,3)4/h5-8,14-15,21H,9-13H2,1-4H3. The molecule has 1 aromatic rings. The molecule has 1 aliphatic rings. The molecule has 24 heavy (non-hydrogen) atoms. The van der Waals surface area contributed by atoms with E-state index in [9.17, 15) is 4.79 Å². The molecule has 0 bridgehead atoms. The van der Waals surface area contributed by atoms with Gasteiger partial charge < -0.3 is 15.0 Å².